The second-order valence-electron chi connectivity index (χ2n) is 5.42. The number of methoxy groups -OCH3 is 2. The van der Waals surface area contributed by atoms with Crippen LogP contribution in [-0.2, 0) is 11.3 Å². The third-order valence-corrected chi connectivity index (χ3v) is 5.07. The molecule has 1 fully saturated rings. The van der Waals surface area contributed by atoms with Gasteiger partial charge < -0.3 is 14.4 Å². The van der Waals surface area contributed by atoms with Crippen molar-refractivity contribution in [2.24, 2.45) is 0 Å². The van der Waals surface area contributed by atoms with Crippen LogP contribution < -0.4 is 9.47 Å². The van der Waals surface area contributed by atoms with Gasteiger partial charge in [-0.1, -0.05) is 12.1 Å². The van der Waals surface area contributed by atoms with Gasteiger partial charge in [0.2, 0.25) is 5.91 Å². The predicted octanol–water partition coefficient (Wildman–Crippen LogP) is 2.58. The maximum atomic E-state index is 12.4. The molecule has 1 amide bonds. The number of thioether (sulfide) groups is 1. The predicted molar refractivity (Wildman–Crippen MR) is 92.1 cm³/mol. The summed E-state index contributed by atoms with van der Waals surface area (Å²) in [4.78, 5) is 22.8. The Kier molecular flexibility index (Phi) is 4.89. The molecule has 7 heteroatoms. The number of aryl methyl sites for hydroxylation is 1. The third-order valence-electron chi connectivity index (χ3n) is 3.83. The molecule has 0 N–H and O–H groups in total. The zero-order valence-corrected chi connectivity index (χ0v) is 14.7. The Bertz CT molecular complexity index is 736. The molecule has 1 aromatic carbocycles. The first-order chi connectivity index (χ1) is 11.6. The van der Waals surface area contributed by atoms with Gasteiger partial charge in [-0.3, -0.25) is 14.8 Å². The van der Waals surface area contributed by atoms with Gasteiger partial charge in [0.1, 0.15) is 5.37 Å². The van der Waals surface area contributed by atoms with E-state index in [-0.39, 0.29) is 11.3 Å². The van der Waals surface area contributed by atoms with Gasteiger partial charge in [0.15, 0.2) is 11.5 Å². The second kappa shape index (κ2) is 7.09. The lowest BCUT2D eigenvalue weighted by Crippen LogP contribution is -2.28. The first-order valence-corrected chi connectivity index (χ1v) is 8.58. The number of rotatable bonds is 5. The van der Waals surface area contributed by atoms with Crippen LogP contribution in [0.2, 0.25) is 0 Å². The SMILES string of the molecule is COc1cccc(C2SCC(=O)N2Cc2cnc(C)cn2)c1OC. The van der Waals surface area contributed by atoms with Crippen LogP contribution in [0, 0.1) is 6.92 Å². The summed E-state index contributed by atoms with van der Waals surface area (Å²) >= 11 is 1.58. The molecule has 1 saturated heterocycles. The van der Waals surface area contributed by atoms with E-state index in [1.807, 2.05) is 25.1 Å². The van der Waals surface area contributed by atoms with Crippen molar-refractivity contribution in [2.75, 3.05) is 20.0 Å². The maximum Gasteiger partial charge on any atom is 0.234 e. The molecule has 1 aliphatic rings. The molecule has 126 valence electrons. The number of nitrogens with zero attached hydrogens (tertiary/aromatic N) is 3. The summed E-state index contributed by atoms with van der Waals surface area (Å²) in [5.74, 6) is 1.83. The molecule has 1 atom stereocenters. The first-order valence-electron chi connectivity index (χ1n) is 7.53. The monoisotopic (exact) mass is 345 g/mol. The van der Waals surface area contributed by atoms with Crippen LogP contribution in [0.1, 0.15) is 22.3 Å². The fraction of sp³-hybridized carbons (Fsp3) is 0.353. The number of hydrogen-bond donors (Lipinski definition) is 0. The molecule has 0 saturated carbocycles. The molecule has 1 aromatic heterocycles. The molecule has 0 spiro atoms. The zero-order chi connectivity index (χ0) is 17.1. The summed E-state index contributed by atoms with van der Waals surface area (Å²) in [6.07, 6.45) is 3.43. The lowest BCUT2D eigenvalue weighted by Gasteiger charge is -2.25. The highest BCUT2D eigenvalue weighted by molar-refractivity contribution is 8.00. The standard InChI is InChI=1S/C17H19N3O3S/c1-11-7-19-12(8-18-11)9-20-15(21)10-24-17(20)13-5-4-6-14(22-2)16(13)23-3/h4-8,17H,9-10H2,1-3H3. The average molecular weight is 345 g/mol. The van der Waals surface area contributed by atoms with Gasteiger partial charge in [0.05, 0.1) is 44.1 Å². The summed E-state index contributed by atoms with van der Waals surface area (Å²) in [5, 5.41) is -0.134. The number of carbonyl (C=O) groups is 1. The summed E-state index contributed by atoms with van der Waals surface area (Å²) in [6.45, 7) is 2.31. The Morgan fingerprint density at radius 3 is 2.75 bits per heavy atom. The van der Waals surface area contributed by atoms with Crippen LogP contribution in [0.5, 0.6) is 11.5 Å². The number of para-hydroxylation sites is 1. The molecular formula is C17H19N3O3S. The van der Waals surface area contributed by atoms with Crippen molar-refractivity contribution in [3.05, 3.63) is 47.5 Å². The number of carbonyl (C=O) groups excluding carboxylic acids is 1. The first kappa shape index (κ1) is 16.6. The van der Waals surface area contributed by atoms with E-state index in [2.05, 4.69) is 9.97 Å². The Hall–Kier alpha value is -2.28. The molecule has 0 radical (unpaired) electrons. The van der Waals surface area contributed by atoms with Crippen molar-refractivity contribution in [1.82, 2.24) is 14.9 Å². The average Bonchev–Trinajstić information content (AvgIpc) is 2.96. The maximum absolute atomic E-state index is 12.4. The van der Waals surface area contributed by atoms with Crippen molar-refractivity contribution in [1.29, 1.82) is 0 Å². The summed E-state index contributed by atoms with van der Waals surface area (Å²) in [6, 6.07) is 5.72. The van der Waals surface area contributed by atoms with Crippen LogP contribution in [-0.4, -0.2) is 40.7 Å². The van der Waals surface area contributed by atoms with Crippen LogP contribution in [0.25, 0.3) is 0 Å². The van der Waals surface area contributed by atoms with Crippen molar-refractivity contribution in [2.45, 2.75) is 18.8 Å². The fourth-order valence-electron chi connectivity index (χ4n) is 2.66. The van der Waals surface area contributed by atoms with Crippen LogP contribution in [0.4, 0.5) is 0 Å². The number of benzene rings is 1. The van der Waals surface area contributed by atoms with E-state index >= 15 is 0 Å². The van der Waals surface area contributed by atoms with Gasteiger partial charge in [0.25, 0.3) is 0 Å². The molecule has 1 unspecified atom stereocenters. The van der Waals surface area contributed by atoms with Crippen molar-refractivity contribution in [3.8, 4) is 11.5 Å². The molecule has 0 aliphatic carbocycles. The molecule has 2 aromatic rings. The number of hydrogen-bond acceptors (Lipinski definition) is 6. The fourth-order valence-corrected chi connectivity index (χ4v) is 3.87. The number of aromatic nitrogens is 2. The second-order valence-corrected chi connectivity index (χ2v) is 6.49. The van der Waals surface area contributed by atoms with E-state index in [0.29, 0.717) is 23.8 Å². The van der Waals surface area contributed by atoms with Gasteiger partial charge in [-0.15, -0.1) is 11.8 Å². The molecule has 1 aliphatic heterocycles. The highest BCUT2D eigenvalue weighted by Gasteiger charge is 2.35. The smallest absolute Gasteiger partial charge is 0.234 e. The van der Waals surface area contributed by atoms with Gasteiger partial charge in [-0.25, -0.2) is 0 Å². The van der Waals surface area contributed by atoms with Crippen LogP contribution in [0.3, 0.4) is 0 Å². The minimum atomic E-state index is -0.134. The Morgan fingerprint density at radius 2 is 2.08 bits per heavy atom. The molecule has 24 heavy (non-hydrogen) atoms. The third kappa shape index (κ3) is 3.17. The Labute approximate surface area is 145 Å². The summed E-state index contributed by atoms with van der Waals surface area (Å²) < 4.78 is 10.9. The minimum Gasteiger partial charge on any atom is -0.493 e. The Morgan fingerprint density at radius 1 is 1.25 bits per heavy atom. The normalized spacial score (nSPS) is 17.2. The topological polar surface area (TPSA) is 64.5 Å². The molecule has 2 heterocycles. The minimum absolute atomic E-state index is 0.0808. The summed E-state index contributed by atoms with van der Waals surface area (Å²) in [7, 11) is 3.22. The van der Waals surface area contributed by atoms with E-state index in [1.165, 1.54) is 0 Å². The molecular weight excluding hydrogens is 326 g/mol. The lowest BCUT2D eigenvalue weighted by atomic mass is 10.1. The molecule has 6 nitrogen and oxygen atoms in total. The van der Waals surface area contributed by atoms with Crippen molar-refractivity contribution >= 4 is 17.7 Å². The highest BCUT2D eigenvalue weighted by atomic mass is 32.2. The van der Waals surface area contributed by atoms with Gasteiger partial charge >= 0.3 is 0 Å². The van der Waals surface area contributed by atoms with E-state index in [9.17, 15) is 4.79 Å². The van der Waals surface area contributed by atoms with Crippen LogP contribution >= 0.6 is 11.8 Å². The van der Waals surface area contributed by atoms with Gasteiger partial charge in [-0.05, 0) is 13.0 Å². The summed E-state index contributed by atoms with van der Waals surface area (Å²) in [5.41, 5.74) is 2.54. The van der Waals surface area contributed by atoms with Gasteiger partial charge in [0, 0.05) is 11.8 Å². The van der Waals surface area contributed by atoms with E-state index in [0.717, 1.165) is 17.0 Å². The van der Waals surface area contributed by atoms with Gasteiger partial charge in [-0.2, -0.15) is 0 Å². The highest BCUT2D eigenvalue weighted by Crippen LogP contribution is 2.45. The van der Waals surface area contributed by atoms with Crippen molar-refractivity contribution in [3.63, 3.8) is 0 Å². The molecule has 3 rings (SSSR count). The number of amides is 1. The van der Waals surface area contributed by atoms with E-state index < -0.39 is 0 Å². The van der Waals surface area contributed by atoms with E-state index in [1.54, 1.807) is 43.3 Å². The Balaban J connectivity index is 1.92. The zero-order valence-electron chi connectivity index (χ0n) is 13.9. The quantitative estimate of drug-likeness (QED) is 0.830. The van der Waals surface area contributed by atoms with Crippen LogP contribution in [0.15, 0.2) is 30.6 Å². The lowest BCUT2D eigenvalue weighted by molar-refractivity contribution is -0.128. The van der Waals surface area contributed by atoms with E-state index in [4.69, 9.17) is 9.47 Å². The molecule has 0 bridgehead atoms. The number of ether oxygens (including phenoxy) is 2. The largest absolute Gasteiger partial charge is 0.493 e. The van der Waals surface area contributed by atoms with Crippen molar-refractivity contribution < 1.29 is 14.3 Å².